The summed E-state index contributed by atoms with van der Waals surface area (Å²) in [5.41, 5.74) is 8.65. The van der Waals surface area contributed by atoms with Gasteiger partial charge in [0, 0.05) is 16.1 Å². The highest BCUT2D eigenvalue weighted by molar-refractivity contribution is 9.10. The first-order valence-corrected chi connectivity index (χ1v) is 6.85. The van der Waals surface area contributed by atoms with Gasteiger partial charge in [0.05, 0.1) is 11.4 Å². The number of halogens is 1. The largest absolute Gasteiger partial charge is 0.384 e. The zero-order valence-electron chi connectivity index (χ0n) is 10.8. The molecule has 3 aromatic rings. The second-order valence-electron chi connectivity index (χ2n) is 4.41. The smallest absolute Gasteiger partial charge is 0.178 e. The Labute approximate surface area is 124 Å². The molecule has 0 aliphatic carbocycles. The van der Waals surface area contributed by atoms with Gasteiger partial charge in [-0.3, -0.25) is 0 Å². The maximum Gasteiger partial charge on any atom is 0.178 e. The van der Waals surface area contributed by atoms with E-state index in [1.165, 1.54) is 0 Å². The first kappa shape index (κ1) is 12.8. The number of hydrogen-bond acceptors (Lipinski definition) is 4. The summed E-state index contributed by atoms with van der Waals surface area (Å²) in [7, 11) is 0. The summed E-state index contributed by atoms with van der Waals surface area (Å²) in [5.74, 6) is 1.13. The highest BCUT2D eigenvalue weighted by Gasteiger charge is 2.10. The van der Waals surface area contributed by atoms with Gasteiger partial charge in [0.25, 0.3) is 0 Å². The lowest BCUT2D eigenvalue weighted by atomic mass is 10.2. The van der Waals surface area contributed by atoms with E-state index in [0.29, 0.717) is 11.6 Å². The molecular formula is C14H12BrN5. The molecule has 2 heterocycles. The molecule has 100 valence electrons. The molecule has 0 aliphatic heterocycles. The zero-order chi connectivity index (χ0) is 14.1. The van der Waals surface area contributed by atoms with Crippen LogP contribution >= 0.6 is 15.9 Å². The minimum Gasteiger partial charge on any atom is -0.384 e. The Kier molecular flexibility index (Phi) is 3.23. The van der Waals surface area contributed by atoms with Crippen molar-refractivity contribution in [1.29, 1.82) is 0 Å². The fourth-order valence-electron chi connectivity index (χ4n) is 1.87. The van der Waals surface area contributed by atoms with E-state index in [-0.39, 0.29) is 0 Å². The second-order valence-corrected chi connectivity index (χ2v) is 5.33. The van der Waals surface area contributed by atoms with Crippen LogP contribution in [0.25, 0.3) is 17.1 Å². The fourth-order valence-corrected chi connectivity index (χ4v) is 2.27. The molecule has 0 unspecified atom stereocenters. The van der Waals surface area contributed by atoms with Crippen LogP contribution in [0.2, 0.25) is 0 Å². The molecule has 0 saturated heterocycles. The summed E-state index contributed by atoms with van der Waals surface area (Å²) in [6, 6.07) is 13.4. The minimum atomic E-state index is 0.526. The Morgan fingerprint density at radius 2 is 1.95 bits per heavy atom. The molecule has 6 heteroatoms. The molecule has 2 N–H and O–H groups in total. The average molecular weight is 330 g/mol. The number of rotatable bonds is 2. The third-order valence-electron chi connectivity index (χ3n) is 2.86. The first-order chi connectivity index (χ1) is 9.63. The zero-order valence-corrected chi connectivity index (χ0v) is 12.4. The molecule has 0 bridgehead atoms. The van der Waals surface area contributed by atoms with Crippen LogP contribution < -0.4 is 5.73 Å². The van der Waals surface area contributed by atoms with Crippen molar-refractivity contribution in [1.82, 2.24) is 20.0 Å². The van der Waals surface area contributed by atoms with Gasteiger partial charge >= 0.3 is 0 Å². The van der Waals surface area contributed by atoms with E-state index < -0.39 is 0 Å². The van der Waals surface area contributed by atoms with E-state index in [4.69, 9.17) is 5.73 Å². The lowest BCUT2D eigenvalue weighted by Gasteiger charge is -2.01. The van der Waals surface area contributed by atoms with Crippen LogP contribution in [0.5, 0.6) is 0 Å². The Hall–Kier alpha value is -2.21. The molecule has 0 atom stereocenters. The van der Waals surface area contributed by atoms with Crippen LogP contribution in [0.1, 0.15) is 5.69 Å². The monoisotopic (exact) mass is 329 g/mol. The van der Waals surface area contributed by atoms with Gasteiger partial charge in [-0.25, -0.2) is 0 Å². The molecule has 20 heavy (non-hydrogen) atoms. The van der Waals surface area contributed by atoms with Crippen molar-refractivity contribution in [3.05, 3.63) is 52.6 Å². The van der Waals surface area contributed by atoms with Crippen molar-refractivity contribution in [2.45, 2.75) is 6.92 Å². The molecule has 5 nitrogen and oxygen atoms in total. The molecule has 3 rings (SSSR count). The maximum atomic E-state index is 6.01. The van der Waals surface area contributed by atoms with Crippen molar-refractivity contribution in [2.75, 3.05) is 5.73 Å². The van der Waals surface area contributed by atoms with E-state index in [9.17, 15) is 0 Å². The summed E-state index contributed by atoms with van der Waals surface area (Å²) in [6.45, 7) is 1.89. The minimum absolute atomic E-state index is 0.526. The number of aromatic nitrogens is 4. The molecule has 0 radical (unpaired) electrons. The molecule has 2 aromatic heterocycles. The number of nitrogen functional groups attached to an aromatic ring is 1. The molecule has 0 fully saturated rings. The predicted molar refractivity (Wildman–Crippen MR) is 81.4 cm³/mol. The van der Waals surface area contributed by atoms with Gasteiger partial charge in [-0.05, 0) is 31.2 Å². The third-order valence-corrected chi connectivity index (χ3v) is 3.35. The molecule has 0 saturated carbocycles. The third kappa shape index (κ3) is 2.42. The lowest BCUT2D eigenvalue weighted by molar-refractivity contribution is 0.816. The van der Waals surface area contributed by atoms with Gasteiger partial charge in [0.15, 0.2) is 5.82 Å². The maximum absolute atomic E-state index is 6.01. The topological polar surface area (TPSA) is 69.6 Å². The molecule has 0 spiro atoms. The summed E-state index contributed by atoms with van der Waals surface area (Å²) < 4.78 is 2.58. The van der Waals surface area contributed by atoms with Gasteiger partial charge < -0.3 is 5.73 Å². The highest BCUT2D eigenvalue weighted by Crippen LogP contribution is 2.24. The van der Waals surface area contributed by atoms with Crippen molar-refractivity contribution < 1.29 is 0 Å². The fraction of sp³-hybridized carbons (Fsp3) is 0.0714. The molecule has 0 amide bonds. The summed E-state index contributed by atoms with van der Waals surface area (Å²) in [5, 5.41) is 12.6. The summed E-state index contributed by atoms with van der Waals surface area (Å²) in [6.07, 6.45) is 0. The predicted octanol–water partition coefficient (Wildman–Crippen LogP) is 2.98. The Balaban J connectivity index is 2.05. The van der Waals surface area contributed by atoms with Crippen molar-refractivity contribution >= 4 is 21.7 Å². The van der Waals surface area contributed by atoms with Crippen LogP contribution in [-0.2, 0) is 0 Å². The number of hydrogen-bond donors (Lipinski definition) is 1. The molecule has 1 aromatic carbocycles. The van der Waals surface area contributed by atoms with Gasteiger partial charge in [-0.2, -0.15) is 14.9 Å². The van der Waals surface area contributed by atoms with Crippen molar-refractivity contribution in [3.63, 3.8) is 0 Å². The van der Waals surface area contributed by atoms with Crippen LogP contribution in [0.15, 0.2) is 46.9 Å². The second kappa shape index (κ2) is 5.05. The van der Waals surface area contributed by atoms with E-state index >= 15 is 0 Å². The lowest BCUT2D eigenvalue weighted by Crippen LogP contribution is -2.05. The van der Waals surface area contributed by atoms with E-state index in [1.807, 2.05) is 49.4 Å². The van der Waals surface area contributed by atoms with Crippen molar-refractivity contribution in [3.8, 4) is 17.1 Å². The van der Waals surface area contributed by atoms with E-state index in [0.717, 1.165) is 21.4 Å². The summed E-state index contributed by atoms with van der Waals surface area (Å²) >= 11 is 3.45. The Morgan fingerprint density at radius 1 is 1.10 bits per heavy atom. The average Bonchev–Trinajstić information content (AvgIpc) is 2.82. The van der Waals surface area contributed by atoms with Crippen LogP contribution in [0, 0.1) is 6.92 Å². The van der Waals surface area contributed by atoms with Gasteiger partial charge in [-0.1, -0.05) is 28.1 Å². The van der Waals surface area contributed by atoms with E-state index in [1.54, 1.807) is 4.68 Å². The quantitative estimate of drug-likeness (QED) is 0.784. The van der Waals surface area contributed by atoms with Crippen molar-refractivity contribution in [2.24, 2.45) is 0 Å². The SMILES string of the molecule is Cc1ccc(-n2nc(-c3cccc(Br)c3)cc2N)nn1. The standard InChI is InChI=1S/C14H12BrN5/c1-9-5-6-14(18-17-9)20-13(16)8-12(19-20)10-3-2-4-11(15)7-10/h2-8H,16H2,1H3. The van der Waals surface area contributed by atoms with Crippen LogP contribution in [0.4, 0.5) is 5.82 Å². The van der Waals surface area contributed by atoms with Gasteiger partial charge in [-0.15, -0.1) is 5.10 Å². The number of aryl methyl sites for hydroxylation is 1. The number of anilines is 1. The Bertz CT molecular complexity index is 749. The normalized spacial score (nSPS) is 10.7. The van der Waals surface area contributed by atoms with Crippen LogP contribution in [-0.4, -0.2) is 20.0 Å². The highest BCUT2D eigenvalue weighted by atomic mass is 79.9. The number of nitrogens with two attached hydrogens (primary N) is 1. The first-order valence-electron chi connectivity index (χ1n) is 6.06. The molecule has 0 aliphatic rings. The van der Waals surface area contributed by atoms with Gasteiger partial charge in [0.1, 0.15) is 5.82 Å². The summed E-state index contributed by atoms with van der Waals surface area (Å²) in [4.78, 5) is 0. The molecular weight excluding hydrogens is 318 g/mol. The Morgan fingerprint density at radius 3 is 2.65 bits per heavy atom. The number of nitrogens with zero attached hydrogens (tertiary/aromatic N) is 4. The van der Waals surface area contributed by atoms with E-state index in [2.05, 4.69) is 31.2 Å². The number of benzene rings is 1. The van der Waals surface area contributed by atoms with Gasteiger partial charge in [0.2, 0.25) is 0 Å². The van der Waals surface area contributed by atoms with Crippen LogP contribution in [0.3, 0.4) is 0 Å².